The summed E-state index contributed by atoms with van der Waals surface area (Å²) in [7, 11) is 0. The molecule has 0 aromatic heterocycles. The van der Waals surface area contributed by atoms with E-state index in [0.29, 0.717) is 13.0 Å². The summed E-state index contributed by atoms with van der Waals surface area (Å²) in [6.45, 7) is 7.81. The first kappa shape index (κ1) is 34.8. The van der Waals surface area contributed by atoms with Gasteiger partial charge in [-0.05, 0) is 67.6 Å². The Labute approximate surface area is 262 Å². The second kappa shape index (κ2) is 17.0. The van der Waals surface area contributed by atoms with Crippen LogP contribution in [0.25, 0.3) is 0 Å². The summed E-state index contributed by atoms with van der Waals surface area (Å²) in [5, 5.41) is 14.3. The maximum absolute atomic E-state index is 13.5. The molecule has 0 aliphatic heterocycles. The maximum atomic E-state index is 13.5. The van der Waals surface area contributed by atoms with Gasteiger partial charge in [0.2, 0.25) is 11.8 Å². The molecule has 0 fully saturated rings. The zero-order chi connectivity index (χ0) is 32.9. The van der Waals surface area contributed by atoms with Gasteiger partial charge < -0.3 is 26.6 Å². The Morgan fingerprint density at radius 3 is 1.98 bits per heavy atom. The van der Waals surface area contributed by atoms with E-state index >= 15 is 0 Å². The van der Waals surface area contributed by atoms with Gasteiger partial charge in [0.15, 0.2) is 0 Å². The van der Waals surface area contributed by atoms with E-state index in [0.717, 1.165) is 23.8 Å². The van der Waals surface area contributed by atoms with E-state index in [1.54, 1.807) is 19.1 Å². The van der Waals surface area contributed by atoms with Gasteiger partial charge in [-0.2, -0.15) is 0 Å². The molecular weight excluding hydrogens is 580 g/mol. The first-order chi connectivity index (χ1) is 21.5. The predicted molar refractivity (Wildman–Crippen MR) is 168 cm³/mol. The van der Waals surface area contributed by atoms with Gasteiger partial charge in [-0.1, -0.05) is 50.2 Å². The fourth-order valence-corrected chi connectivity index (χ4v) is 4.65. The predicted octanol–water partition coefficient (Wildman–Crippen LogP) is 3.49. The Balaban J connectivity index is 1.66. The summed E-state index contributed by atoms with van der Waals surface area (Å²) in [5.41, 5.74) is 1.68. The molecule has 0 bridgehead atoms. The fourth-order valence-electron chi connectivity index (χ4n) is 4.65. The summed E-state index contributed by atoms with van der Waals surface area (Å²) in [6, 6.07) is 16.9. The highest BCUT2D eigenvalue weighted by atomic mass is 19.1. The number of benzene rings is 3. The number of carbonyl (C=O) groups excluding carboxylic acids is 4. The molecule has 11 heteroatoms. The van der Waals surface area contributed by atoms with Gasteiger partial charge in [-0.25, -0.2) is 8.78 Å². The third-order valence-corrected chi connectivity index (χ3v) is 7.08. The van der Waals surface area contributed by atoms with Gasteiger partial charge in [0.1, 0.15) is 17.7 Å². The smallest absolute Gasteiger partial charge is 0.251 e. The van der Waals surface area contributed by atoms with E-state index in [1.807, 2.05) is 51.1 Å². The average Bonchev–Trinajstić information content (AvgIpc) is 3.01. The summed E-state index contributed by atoms with van der Waals surface area (Å²) < 4.78 is 27.0. The molecule has 3 aromatic rings. The average molecular weight is 622 g/mol. The minimum atomic E-state index is -0.744. The zero-order valence-electron chi connectivity index (χ0n) is 26.0. The lowest BCUT2D eigenvalue weighted by molar-refractivity contribution is -0.130. The summed E-state index contributed by atoms with van der Waals surface area (Å²) in [6.07, 6.45) is 0.464. The van der Waals surface area contributed by atoms with Crippen LogP contribution in [0, 0.1) is 17.6 Å². The second-order valence-corrected chi connectivity index (χ2v) is 11.2. The molecule has 0 aliphatic carbocycles. The highest BCUT2D eigenvalue weighted by molar-refractivity contribution is 5.99. The van der Waals surface area contributed by atoms with Gasteiger partial charge >= 0.3 is 0 Å². The lowest BCUT2D eigenvalue weighted by atomic mass is 10.0. The van der Waals surface area contributed by atoms with Crippen LogP contribution in [-0.2, 0) is 22.6 Å². The number of hydrogen-bond acceptors (Lipinski definition) is 5. The molecule has 0 saturated heterocycles. The minimum Gasteiger partial charge on any atom is -0.355 e. The van der Waals surface area contributed by atoms with Crippen molar-refractivity contribution in [2.45, 2.75) is 58.8 Å². The molecule has 0 heterocycles. The van der Waals surface area contributed by atoms with Gasteiger partial charge in [0.05, 0.1) is 6.04 Å². The van der Waals surface area contributed by atoms with Crippen LogP contribution in [0.2, 0.25) is 0 Å². The molecule has 0 spiro atoms. The first-order valence-corrected chi connectivity index (χ1v) is 15.0. The van der Waals surface area contributed by atoms with Crippen LogP contribution in [0.1, 0.15) is 59.5 Å². The summed E-state index contributed by atoms with van der Waals surface area (Å²) in [4.78, 5) is 51.5. The van der Waals surface area contributed by atoms with Crippen LogP contribution in [0.4, 0.5) is 8.78 Å². The molecule has 3 aromatic carbocycles. The van der Waals surface area contributed by atoms with Crippen molar-refractivity contribution in [3.63, 3.8) is 0 Å². The Morgan fingerprint density at radius 1 is 0.711 bits per heavy atom. The van der Waals surface area contributed by atoms with E-state index in [-0.39, 0.29) is 47.5 Å². The topological polar surface area (TPSA) is 128 Å². The highest BCUT2D eigenvalue weighted by Gasteiger charge is 2.26. The number of carbonyl (C=O) groups is 4. The van der Waals surface area contributed by atoms with Crippen molar-refractivity contribution >= 4 is 23.6 Å². The van der Waals surface area contributed by atoms with Crippen molar-refractivity contribution in [3.8, 4) is 0 Å². The van der Waals surface area contributed by atoms with Gasteiger partial charge in [0.25, 0.3) is 11.8 Å². The van der Waals surface area contributed by atoms with Crippen LogP contribution >= 0.6 is 0 Å². The van der Waals surface area contributed by atoms with E-state index in [9.17, 15) is 28.0 Å². The number of rotatable bonds is 15. The van der Waals surface area contributed by atoms with Crippen molar-refractivity contribution < 1.29 is 28.0 Å². The normalized spacial score (nSPS) is 13.0. The molecule has 0 aliphatic rings. The molecule has 3 atom stereocenters. The second-order valence-electron chi connectivity index (χ2n) is 11.2. The zero-order valence-corrected chi connectivity index (χ0v) is 26.0. The van der Waals surface area contributed by atoms with Crippen LogP contribution in [0.3, 0.4) is 0 Å². The van der Waals surface area contributed by atoms with Gasteiger partial charge in [0, 0.05) is 42.9 Å². The number of hydrogen-bond donors (Lipinski definition) is 5. The maximum Gasteiger partial charge on any atom is 0.251 e. The molecule has 0 saturated carbocycles. The van der Waals surface area contributed by atoms with Crippen LogP contribution in [-0.4, -0.2) is 54.8 Å². The van der Waals surface area contributed by atoms with Gasteiger partial charge in [-0.3, -0.25) is 19.2 Å². The largest absolute Gasteiger partial charge is 0.355 e. The lowest BCUT2D eigenvalue weighted by Gasteiger charge is -2.25. The molecule has 240 valence electrons. The van der Waals surface area contributed by atoms with Crippen molar-refractivity contribution in [1.29, 1.82) is 0 Å². The number of halogens is 2. The minimum absolute atomic E-state index is 0.0955. The third-order valence-electron chi connectivity index (χ3n) is 7.08. The van der Waals surface area contributed by atoms with E-state index in [4.69, 9.17) is 0 Å². The van der Waals surface area contributed by atoms with Crippen molar-refractivity contribution in [2.24, 2.45) is 5.92 Å². The highest BCUT2D eigenvalue weighted by Crippen LogP contribution is 2.11. The van der Waals surface area contributed by atoms with E-state index < -0.39 is 41.6 Å². The monoisotopic (exact) mass is 621 g/mol. The summed E-state index contributed by atoms with van der Waals surface area (Å²) >= 11 is 0. The van der Waals surface area contributed by atoms with Crippen LogP contribution < -0.4 is 26.6 Å². The lowest BCUT2D eigenvalue weighted by Crippen LogP contribution is -2.55. The molecule has 0 unspecified atom stereocenters. The molecule has 3 rings (SSSR count). The first-order valence-electron chi connectivity index (χ1n) is 15.0. The van der Waals surface area contributed by atoms with E-state index in [2.05, 4.69) is 26.6 Å². The molecular formula is C34H41F2N5O4. The number of nitrogens with one attached hydrogen (secondary N) is 5. The standard InChI is InChI=1S/C34H41F2N5O4/c1-5-37-34(45)30(21(2)3)41-31(42)22(4)38-20-29(16-23-10-7-6-8-11-23)40-33(44)26-13-9-12-25(17-26)32(43)39-19-24-14-27(35)18-28(36)15-24/h6-15,17-18,21-22,29-30,38H,5,16,19-20H2,1-4H3,(H,37,45)(H,39,43)(H,40,44)(H,41,42)/t22-,29-,30-/m0/s1. The summed E-state index contributed by atoms with van der Waals surface area (Å²) in [5.74, 6) is -3.12. The Kier molecular flexibility index (Phi) is 13.2. The van der Waals surface area contributed by atoms with Crippen molar-refractivity contribution in [1.82, 2.24) is 26.6 Å². The fraction of sp³-hybridized carbons (Fsp3) is 0.353. The molecule has 0 radical (unpaired) electrons. The SMILES string of the molecule is CCNC(=O)[C@@H](NC(=O)[C@H](C)NC[C@H](Cc1ccccc1)NC(=O)c1cccc(C(=O)NCc2cc(F)cc(F)c2)c1)C(C)C. The number of amides is 4. The Bertz CT molecular complexity index is 1450. The quantitative estimate of drug-likeness (QED) is 0.178. The molecule has 45 heavy (non-hydrogen) atoms. The van der Waals surface area contributed by atoms with E-state index in [1.165, 1.54) is 12.1 Å². The molecule has 5 N–H and O–H groups in total. The van der Waals surface area contributed by atoms with Gasteiger partial charge in [-0.15, -0.1) is 0 Å². The Hall–Kier alpha value is -4.64. The van der Waals surface area contributed by atoms with Crippen LogP contribution in [0.15, 0.2) is 72.8 Å². The Morgan fingerprint density at radius 2 is 1.36 bits per heavy atom. The van der Waals surface area contributed by atoms with Crippen LogP contribution in [0.5, 0.6) is 0 Å². The molecule has 9 nitrogen and oxygen atoms in total. The third kappa shape index (κ3) is 11.1. The number of likely N-dealkylation sites (N-methyl/N-ethyl adjacent to an activating group) is 1. The van der Waals surface area contributed by atoms with Crippen molar-refractivity contribution in [3.05, 3.63) is 107 Å². The molecule has 4 amide bonds. The van der Waals surface area contributed by atoms with Crippen molar-refractivity contribution in [2.75, 3.05) is 13.1 Å².